The molecule has 1 aromatic heterocycles. The van der Waals surface area contributed by atoms with E-state index in [0.29, 0.717) is 13.0 Å². The zero-order valence-electron chi connectivity index (χ0n) is 12.2. The monoisotopic (exact) mass is 315 g/mol. The summed E-state index contributed by atoms with van der Waals surface area (Å²) in [6.45, 7) is 0.314. The summed E-state index contributed by atoms with van der Waals surface area (Å²) in [5, 5.41) is 0. The van der Waals surface area contributed by atoms with Crippen LogP contribution in [0.15, 0.2) is 59.5 Å². The first kappa shape index (κ1) is 14.7. The molecule has 5 nitrogen and oxygen atoms in total. The van der Waals surface area contributed by atoms with Crippen LogP contribution in [0.2, 0.25) is 0 Å². The summed E-state index contributed by atoms with van der Waals surface area (Å²) < 4.78 is 28.9. The highest BCUT2D eigenvalue weighted by Gasteiger charge is 2.13. The summed E-state index contributed by atoms with van der Waals surface area (Å²) >= 11 is 0. The average molecular weight is 315 g/mol. The highest BCUT2D eigenvalue weighted by atomic mass is 32.2. The number of fused-ring (bicyclic) bond motifs is 1. The van der Waals surface area contributed by atoms with Gasteiger partial charge in [0.25, 0.3) is 0 Å². The summed E-state index contributed by atoms with van der Waals surface area (Å²) in [6.07, 6.45) is 0.539. The van der Waals surface area contributed by atoms with Crippen LogP contribution in [-0.4, -0.2) is 24.5 Å². The van der Waals surface area contributed by atoms with Crippen molar-refractivity contribution in [1.82, 2.24) is 14.3 Å². The van der Waals surface area contributed by atoms with E-state index >= 15 is 0 Å². The van der Waals surface area contributed by atoms with Crippen molar-refractivity contribution in [2.24, 2.45) is 7.05 Å². The van der Waals surface area contributed by atoms with Crippen molar-refractivity contribution in [3.8, 4) is 0 Å². The topological polar surface area (TPSA) is 64.0 Å². The number of sulfonamides is 1. The summed E-state index contributed by atoms with van der Waals surface area (Å²) in [4.78, 5) is 4.81. The van der Waals surface area contributed by atoms with Gasteiger partial charge in [-0.2, -0.15) is 0 Å². The number of aromatic nitrogens is 2. The standard InChI is InChI=1S/C16H17N3O2S/c1-19-15-10-6-5-9-14(15)18-16(19)11-12-17-22(20,21)13-7-3-2-4-8-13/h2-10,17H,11-12H2,1H3. The molecule has 2 aromatic carbocycles. The van der Waals surface area contributed by atoms with Crippen molar-refractivity contribution in [1.29, 1.82) is 0 Å². The molecule has 0 unspecified atom stereocenters. The van der Waals surface area contributed by atoms with Crippen molar-refractivity contribution in [2.75, 3.05) is 6.54 Å². The molecule has 6 heteroatoms. The van der Waals surface area contributed by atoms with Crippen LogP contribution in [0.5, 0.6) is 0 Å². The van der Waals surface area contributed by atoms with E-state index < -0.39 is 10.0 Å². The lowest BCUT2D eigenvalue weighted by Gasteiger charge is -2.06. The molecule has 114 valence electrons. The van der Waals surface area contributed by atoms with E-state index in [9.17, 15) is 8.42 Å². The summed E-state index contributed by atoms with van der Waals surface area (Å²) in [6, 6.07) is 16.2. The fourth-order valence-corrected chi connectivity index (χ4v) is 3.45. The van der Waals surface area contributed by atoms with Crippen molar-refractivity contribution >= 4 is 21.1 Å². The number of benzene rings is 2. The predicted molar refractivity (Wildman–Crippen MR) is 86.0 cm³/mol. The second-order valence-corrected chi connectivity index (χ2v) is 6.80. The normalized spacial score (nSPS) is 11.9. The molecule has 0 atom stereocenters. The van der Waals surface area contributed by atoms with Gasteiger partial charge in [0.2, 0.25) is 10.0 Å². The smallest absolute Gasteiger partial charge is 0.240 e. The first-order valence-corrected chi connectivity index (χ1v) is 8.51. The molecule has 0 saturated heterocycles. The molecule has 0 aliphatic rings. The van der Waals surface area contributed by atoms with E-state index in [4.69, 9.17) is 0 Å². The van der Waals surface area contributed by atoms with Gasteiger partial charge in [0.05, 0.1) is 15.9 Å². The van der Waals surface area contributed by atoms with Gasteiger partial charge in [0.1, 0.15) is 5.82 Å². The van der Waals surface area contributed by atoms with Crippen LogP contribution in [-0.2, 0) is 23.5 Å². The van der Waals surface area contributed by atoms with Gasteiger partial charge in [-0.05, 0) is 24.3 Å². The lowest BCUT2D eigenvalue weighted by molar-refractivity contribution is 0.580. The van der Waals surface area contributed by atoms with Gasteiger partial charge in [-0.25, -0.2) is 18.1 Å². The molecule has 1 N–H and O–H groups in total. The second-order valence-electron chi connectivity index (χ2n) is 5.04. The average Bonchev–Trinajstić information content (AvgIpc) is 2.85. The minimum Gasteiger partial charge on any atom is -0.331 e. The van der Waals surface area contributed by atoms with Gasteiger partial charge in [0.15, 0.2) is 0 Å². The second kappa shape index (κ2) is 5.90. The third kappa shape index (κ3) is 2.88. The van der Waals surface area contributed by atoms with Crippen LogP contribution in [0.25, 0.3) is 11.0 Å². The Labute approximate surface area is 129 Å². The van der Waals surface area contributed by atoms with E-state index in [1.54, 1.807) is 30.3 Å². The molecule has 22 heavy (non-hydrogen) atoms. The third-order valence-corrected chi connectivity index (χ3v) is 5.05. The van der Waals surface area contributed by atoms with Crippen molar-refractivity contribution in [3.63, 3.8) is 0 Å². The molecule has 0 aliphatic heterocycles. The first-order valence-electron chi connectivity index (χ1n) is 7.03. The number of rotatable bonds is 5. The molecule has 0 fully saturated rings. The SMILES string of the molecule is Cn1c(CCNS(=O)(=O)c2ccccc2)nc2ccccc21. The van der Waals surface area contributed by atoms with E-state index in [2.05, 4.69) is 9.71 Å². The minimum absolute atomic E-state index is 0.278. The van der Waals surface area contributed by atoms with Crippen molar-refractivity contribution in [2.45, 2.75) is 11.3 Å². The van der Waals surface area contributed by atoms with Crippen LogP contribution < -0.4 is 4.72 Å². The Bertz CT molecular complexity index is 886. The Morgan fingerprint density at radius 1 is 1.05 bits per heavy atom. The lowest BCUT2D eigenvalue weighted by atomic mass is 10.3. The Balaban J connectivity index is 1.71. The number of hydrogen-bond donors (Lipinski definition) is 1. The molecule has 0 amide bonds. The number of para-hydroxylation sites is 2. The van der Waals surface area contributed by atoms with Gasteiger partial charge in [-0.1, -0.05) is 30.3 Å². The number of nitrogens with one attached hydrogen (secondary N) is 1. The predicted octanol–water partition coefficient (Wildman–Crippen LogP) is 2.09. The van der Waals surface area contributed by atoms with Crippen molar-refractivity contribution in [3.05, 3.63) is 60.4 Å². The Morgan fingerprint density at radius 2 is 1.73 bits per heavy atom. The number of nitrogens with zero attached hydrogens (tertiary/aromatic N) is 2. The number of aryl methyl sites for hydroxylation is 1. The Hall–Kier alpha value is -2.18. The summed E-state index contributed by atoms with van der Waals surface area (Å²) in [7, 11) is -1.52. The first-order chi connectivity index (χ1) is 10.6. The maximum Gasteiger partial charge on any atom is 0.240 e. The highest BCUT2D eigenvalue weighted by molar-refractivity contribution is 7.89. The fourth-order valence-electron chi connectivity index (χ4n) is 2.40. The van der Waals surface area contributed by atoms with Gasteiger partial charge in [-0.15, -0.1) is 0 Å². The van der Waals surface area contributed by atoms with Gasteiger partial charge >= 0.3 is 0 Å². The quantitative estimate of drug-likeness (QED) is 0.784. The molecule has 0 bridgehead atoms. The zero-order valence-corrected chi connectivity index (χ0v) is 13.0. The molecule has 0 aliphatic carbocycles. The minimum atomic E-state index is -3.46. The fraction of sp³-hybridized carbons (Fsp3) is 0.188. The molecule has 3 rings (SSSR count). The molecule has 3 aromatic rings. The van der Waals surface area contributed by atoms with Crippen LogP contribution in [0.4, 0.5) is 0 Å². The molecular formula is C16H17N3O2S. The Kier molecular flexibility index (Phi) is 3.96. The molecular weight excluding hydrogens is 298 g/mol. The van der Waals surface area contributed by atoms with Crippen molar-refractivity contribution < 1.29 is 8.42 Å². The lowest BCUT2D eigenvalue weighted by Crippen LogP contribution is -2.26. The summed E-state index contributed by atoms with van der Waals surface area (Å²) in [5.41, 5.74) is 1.97. The maximum absolute atomic E-state index is 12.1. The zero-order chi connectivity index (χ0) is 15.6. The van der Waals surface area contributed by atoms with Gasteiger partial charge in [-0.3, -0.25) is 0 Å². The molecule has 1 heterocycles. The van der Waals surface area contributed by atoms with Gasteiger partial charge < -0.3 is 4.57 Å². The van der Waals surface area contributed by atoms with E-state index in [0.717, 1.165) is 16.9 Å². The molecule has 0 spiro atoms. The maximum atomic E-state index is 12.1. The summed E-state index contributed by atoms with van der Waals surface area (Å²) in [5.74, 6) is 0.858. The van der Waals surface area contributed by atoms with Crippen LogP contribution in [0, 0.1) is 0 Å². The molecule has 0 radical (unpaired) electrons. The van der Waals surface area contributed by atoms with Crippen LogP contribution in [0.3, 0.4) is 0 Å². The highest BCUT2D eigenvalue weighted by Crippen LogP contribution is 2.14. The van der Waals surface area contributed by atoms with E-state index in [-0.39, 0.29) is 4.90 Å². The van der Waals surface area contributed by atoms with E-state index in [1.807, 2.05) is 35.9 Å². The number of hydrogen-bond acceptors (Lipinski definition) is 3. The largest absolute Gasteiger partial charge is 0.331 e. The molecule has 0 saturated carbocycles. The number of imidazole rings is 1. The Morgan fingerprint density at radius 3 is 2.45 bits per heavy atom. The third-order valence-electron chi connectivity index (χ3n) is 3.57. The van der Waals surface area contributed by atoms with E-state index in [1.165, 1.54) is 0 Å². The van der Waals surface area contributed by atoms with Gasteiger partial charge in [0, 0.05) is 20.0 Å². The van der Waals surface area contributed by atoms with Crippen LogP contribution >= 0.6 is 0 Å². The van der Waals surface area contributed by atoms with Crippen LogP contribution in [0.1, 0.15) is 5.82 Å².